The van der Waals surface area contributed by atoms with Crippen LogP contribution in [0.3, 0.4) is 0 Å². The van der Waals surface area contributed by atoms with Gasteiger partial charge in [-0.2, -0.15) is 0 Å². The van der Waals surface area contributed by atoms with Gasteiger partial charge in [0.15, 0.2) is 10.9 Å². The van der Waals surface area contributed by atoms with Crippen molar-refractivity contribution in [2.24, 2.45) is 0 Å². The van der Waals surface area contributed by atoms with Crippen molar-refractivity contribution < 1.29 is 9.59 Å². The molecule has 1 amide bonds. The monoisotopic (exact) mass is 521 g/mol. The molecule has 10 heteroatoms. The average Bonchev–Trinajstić information content (AvgIpc) is 2.60. The highest BCUT2D eigenvalue weighted by Crippen LogP contribution is 2.29. The number of carbonyl (C=O) groups excluding carboxylic acids is 2. The SMILES string of the molecule is CC(=O)c1ccc(NC(=S)NC(NC(=O)c2cccc(Br)c2)C(Cl)(Cl)Cl)cc1. The van der Waals surface area contributed by atoms with E-state index in [1.807, 2.05) is 0 Å². The van der Waals surface area contributed by atoms with Crippen molar-refractivity contribution in [3.63, 3.8) is 0 Å². The van der Waals surface area contributed by atoms with E-state index in [0.29, 0.717) is 16.8 Å². The lowest BCUT2D eigenvalue weighted by Crippen LogP contribution is -2.56. The molecular formula is C18H15BrCl3N3O2S. The Bertz CT molecular complexity index is 888. The normalized spacial score (nSPS) is 12.0. The van der Waals surface area contributed by atoms with E-state index in [-0.39, 0.29) is 10.9 Å². The van der Waals surface area contributed by atoms with Gasteiger partial charge in [-0.25, -0.2) is 0 Å². The third-order valence-corrected chi connectivity index (χ3v) is 4.88. The van der Waals surface area contributed by atoms with Crippen LogP contribution in [0.2, 0.25) is 0 Å². The second-order valence-electron chi connectivity index (χ2n) is 5.69. The molecule has 0 saturated carbocycles. The van der Waals surface area contributed by atoms with Gasteiger partial charge in [0.1, 0.15) is 6.17 Å². The number of benzene rings is 2. The van der Waals surface area contributed by atoms with Gasteiger partial charge in [0, 0.05) is 21.3 Å². The Kier molecular flexibility index (Phi) is 8.09. The fraction of sp³-hybridized carbons (Fsp3) is 0.167. The molecule has 2 aromatic carbocycles. The molecular weight excluding hydrogens is 509 g/mol. The summed E-state index contributed by atoms with van der Waals surface area (Å²) in [6.07, 6.45) is -1.10. The summed E-state index contributed by atoms with van der Waals surface area (Å²) in [5.74, 6) is -0.488. The number of nitrogens with one attached hydrogen (secondary N) is 3. The van der Waals surface area contributed by atoms with Crippen molar-refractivity contribution in [2.45, 2.75) is 16.9 Å². The van der Waals surface area contributed by atoms with Gasteiger partial charge in [0.2, 0.25) is 3.79 Å². The molecule has 3 N–H and O–H groups in total. The molecule has 2 rings (SSSR count). The van der Waals surface area contributed by atoms with Crippen molar-refractivity contribution in [1.29, 1.82) is 0 Å². The number of alkyl halides is 3. The lowest BCUT2D eigenvalue weighted by molar-refractivity contribution is 0.0933. The van der Waals surface area contributed by atoms with E-state index < -0.39 is 15.9 Å². The Morgan fingerprint density at radius 2 is 1.68 bits per heavy atom. The van der Waals surface area contributed by atoms with Crippen LogP contribution in [0.1, 0.15) is 27.6 Å². The number of rotatable bonds is 5. The minimum absolute atomic E-state index is 0.0428. The van der Waals surface area contributed by atoms with Gasteiger partial charge in [-0.1, -0.05) is 56.8 Å². The van der Waals surface area contributed by atoms with Crippen LogP contribution in [0.25, 0.3) is 0 Å². The standard InChI is InChI=1S/C18H15BrCl3N3O2S/c1-10(26)11-5-7-14(8-6-11)23-17(28)25-16(18(20,21)22)24-15(27)12-3-2-4-13(19)9-12/h2-9,16H,1H3,(H,24,27)(H2,23,25,28). The van der Waals surface area contributed by atoms with Gasteiger partial charge in [-0.3, -0.25) is 9.59 Å². The second-order valence-corrected chi connectivity index (χ2v) is 9.38. The predicted octanol–water partition coefficient (Wildman–Crippen LogP) is 5.06. The first-order chi connectivity index (χ1) is 13.1. The molecule has 0 heterocycles. The van der Waals surface area contributed by atoms with Gasteiger partial charge in [0.25, 0.3) is 5.91 Å². The number of anilines is 1. The van der Waals surface area contributed by atoms with E-state index in [0.717, 1.165) is 4.47 Å². The smallest absolute Gasteiger partial charge is 0.253 e. The highest BCUT2D eigenvalue weighted by molar-refractivity contribution is 9.10. The Labute approximate surface area is 191 Å². The van der Waals surface area contributed by atoms with Gasteiger partial charge in [0.05, 0.1) is 0 Å². The number of amides is 1. The zero-order chi connectivity index (χ0) is 20.9. The maximum Gasteiger partial charge on any atom is 0.253 e. The number of halogens is 4. The molecule has 5 nitrogen and oxygen atoms in total. The fourth-order valence-corrected chi connectivity index (χ4v) is 3.09. The molecule has 2 aromatic rings. The summed E-state index contributed by atoms with van der Waals surface area (Å²) in [7, 11) is 0. The molecule has 0 aliphatic rings. The molecule has 0 bridgehead atoms. The average molecular weight is 524 g/mol. The van der Waals surface area contributed by atoms with E-state index in [9.17, 15) is 9.59 Å². The van der Waals surface area contributed by atoms with Crippen molar-refractivity contribution in [3.05, 3.63) is 64.1 Å². The van der Waals surface area contributed by atoms with Gasteiger partial charge >= 0.3 is 0 Å². The molecule has 1 atom stereocenters. The zero-order valence-electron chi connectivity index (χ0n) is 14.4. The first-order valence-electron chi connectivity index (χ1n) is 7.88. The van der Waals surface area contributed by atoms with Crippen LogP contribution < -0.4 is 16.0 Å². The van der Waals surface area contributed by atoms with Gasteiger partial charge < -0.3 is 16.0 Å². The minimum Gasteiger partial charge on any atom is -0.339 e. The van der Waals surface area contributed by atoms with Crippen LogP contribution in [0.5, 0.6) is 0 Å². The summed E-state index contributed by atoms with van der Waals surface area (Å²) in [4.78, 5) is 23.8. The maximum absolute atomic E-state index is 12.5. The van der Waals surface area contributed by atoms with E-state index in [4.69, 9.17) is 47.0 Å². The van der Waals surface area contributed by atoms with E-state index in [1.165, 1.54) is 6.92 Å². The van der Waals surface area contributed by atoms with E-state index in [2.05, 4.69) is 31.9 Å². The number of carbonyl (C=O) groups is 2. The predicted molar refractivity (Wildman–Crippen MR) is 121 cm³/mol. The molecule has 148 valence electrons. The first kappa shape index (κ1) is 22.9. The van der Waals surface area contributed by atoms with Gasteiger partial charge in [-0.15, -0.1) is 0 Å². The summed E-state index contributed by atoms with van der Waals surface area (Å²) in [5.41, 5.74) is 1.59. The molecule has 28 heavy (non-hydrogen) atoms. The summed E-state index contributed by atoms with van der Waals surface area (Å²) in [6.45, 7) is 1.48. The van der Waals surface area contributed by atoms with Crippen LogP contribution in [-0.4, -0.2) is 26.8 Å². The highest BCUT2D eigenvalue weighted by atomic mass is 79.9. The largest absolute Gasteiger partial charge is 0.339 e. The van der Waals surface area contributed by atoms with Crippen molar-refractivity contribution in [3.8, 4) is 0 Å². The Morgan fingerprint density at radius 1 is 1.04 bits per heavy atom. The number of Topliss-reactive ketones (excluding diaryl/α,β-unsaturated/α-hetero) is 1. The maximum atomic E-state index is 12.5. The lowest BCUT2D eigenvalue weighted by Gasteiger charge is -2.27. The summed E-state index contributed by atoms with van der Waals surface area (Å²) in [5, 5.41) is 8.41. The van der Waals surface area contributed by atoms with E-state index >= 15 is 0 Å². The number of thiocarbonyl (C=S) groups is 1. The lowest BCUT2D eigenvalue weighted by atomic mass is 10.1. The summed E-state index contributed by atoms with van der Waals surface area (Å²) >= 11 is 26.5. The van der Waals surface area contributed by atoms with Crippen LogP contribution in [-0.2, 0) is 0 Å². The Morgan fingerprint density at radius 3 is 2.21 bits per heavy atom. The van der Waals surface area contributed by atoms with Crippen molar-refractivity contribution >= 4 is 85.4 Å². The van der Waals surface area contributed by atoms with E-state index in [1.54, 1.807) is 48.5 Å². The van der Waals surface area contributed by atoms with Crippen LogP contribution in [0.15, 0.2) is 53.0 Å². The molecule has 0 aliphatic carbocycles. The summed E-state index contributed by atoms with van der Waals surface area (Å²) < 4.78 is -1.13. The number of hydrogen-bond donors (Lipinski definition) is 3. The third-order valence-electron chi connectivity index (χ3n) is 3.51. The molecule has 0 aliphatic heterocycles. The molecule has 0 saturated heterocycles. The molecule has 0 fully saturated rings. The van der Waals surface area contributed by atoms with Gasteiger partial charge in [-0.05, 0) is 61.6 Å². The minimum atomic E-state index is -1.87. The number of hydrogen-bond acceptors (Lipinski definition) is 3. The molecule has 0 aromatic heterocycles. The third kappa shape index (κ3) is 6.90. The van der Waals surface area contributed by atoms with Crippen molar-refractivity contribution in [2.75, 3.05) is 5.32 Å². The zero-order valence-corrected chi connectivity index (χ0v) is 19.1. The summed E-state index contributed by atoms with van der Waals surface area (Å²) in [6, 6.07) is 13.5. The van der Waals surface area contributed by atoms with Crippen LogP contribution in [0.4, 0.5) is 5.69 Å². The quantitative estimate of drug-likeness (QED) is 0.221. The topological polar surface area (TPSA) is 70.2 Å². The highest BCUT2D eigenvalue weighted by Gasteiger charge is 2.34. The Balaban J connectivity index is 2.06. The molecule has 0 spiro atoms. The van der Waals surface area contributed by atoms with Crippen LogP contribution in [0, 0.1) is 0 Å². The first-order valence-corrected chi connectivity index (χ1v) is 10.2. The second kappa shape index (κ2) is 9.89. The van der Waals surface area contributed by atoms with Crippen molar-refractivity contribution in [1.82, 2.24) is 10.6 Å². The van der Waals surface area contributed by atoms with Crippen LogP contribution >= 0.6 is 63.0 Å². The number of ketones is 1. The Hall–Kier alpha value is -1.38. The molecule has 1 unspecified atom stereocenters. The fourth-order valence-electron chi connectivity index (χ4n) is 2.13. The molecule has 0 radical (unpaired) electrons.